The van der Waals surface area contributed by atoms with Crippen LogP contribution in [0.4, 0.5) is 0 Å². The van der Waals surface area contributed by atoms with Gasteiger partial charge in [0.1, 0.15) is 5.82 Å². The quantitative estimate of drug-likeness (QED) is 0.422. The third-order valence-electron chi connectivity index (χ3n) is 5.28. The molecule has 152 valence electrons. The topological polar surface area (TPSA) is 46.9 Å². The molecule has 0 spiro atoms. The first-order valence-electron chi connectivity index (χ1n) is 10.1. The summed E-state index contributed by atoms with van der Waals surface area (Å²) in [6, 6.07) is 23.3. The van der Waals surface area contributed by atoms with E-state index >= 15 is 0 Å². The molecule has 1 amide bonds. The van der Waals surface area contributed by atoms with Crippen LogP contribution in [-0.4, -0.2) is 15.5 Å². The van der Waals surface area contributed by atoms with E-state index in [4.69, 9.17) is 16.6 Å². The Kier molecular flexibility index (Phi) is 5.86. The molecule has 4 nitrogen and oxygen atoms in total. The summed E-state index contributed by atoms with van der Waals surface area (Å²) >= 11 is 6.05. The second-order valence-corrected chi connectivity index (χ2v) is 7.91. The van der Waals surface area contributed by atoms with Crippen molar-refractivity contribution in [1.82, 2.24) is 14.9 Å². The summed E-state index contributed by atoms with van der Waals surface area (Å²) in [5.41, 5.74) is 4.88. The maximum atomic E-state index is 12.9. The van der Waals surface area contributed by atoms with E-state index in [9.17, 15) is 4.79 Å². The molecule has 0 aliphatic carbocycles. The predicted octanol–water partition coefficient (Wildman–Crippen LogP) is 5.93. The molecule has 0 radical (unpaired) electrons. The molecule has 1 atom stereocenters. The fourth-order valence-electron chi connectivity index (χ4n) is 3.59. The maximum absolute atomic E-state index is 12.9. The van der Waals surface area contributed by atoms with Crippen molar-refractivity contribution in [1.29, 1.82) is 0 Å². The third-order valence-corrected chi connectivity index (χ3v) is 5.53. The summed E-state index contributed by atoms with van der Waals surface area (Å²) in [4.78, 5) is 17.7. The Balaban J connectivity index is 1.69. The maximum Gasteiger partial charge on any atom is 0.251 e. The number of hydrogen-bond donors (Lipinski definition) is 1. The molecular formula is C25H24ClN3O. The van der Waals surface area contributed by atoms with Crippen LogP contribution in [0.2, 0.25) is 5.02 Å². The number of rotatable bonds is 6. The zero-order chi connectivity index (χ0) is 21.1. The molecule has 0 aliphatic heterocycles. The zero-order valence-corrected chi connectivity index (χ0v) is 17.9. The van der Waals surface area contributed by atoms with Crippen molar-refractivity contribution in [2.45, 2.75) is 32.9 Å². The van der Waals surface area contributed by atoms with Crippen LogP contribution in [0.25, 0.3) is 11.0 Å². The minimum absolute atomic E-state index is 0.0908. The number of carbonyl (C=O) groups is 1. The van der Waals surface area contributed by atoms with Crippen LogP contribution in [0.5, 0.6) is 0 Å². The molecule has 1 unspecified atom stereocenters. The minimum Gasteiger partial charge on any atom is -0.342 e. The fourth-order valence-corrected chi connectivity index (χ4v) is 3.72. The Morgan fingerprint density at radius 1 is 1.03 bits per heavy atom. The van der Waals surface area contributed by atoms with Crippen molar-refractivity contribution < 1.29 is 4.79 Å². The normalized spacial score (nSPS) is 12.1. The fraction of sp³-hybridized carbons (Fsp3) is 0.200. The van der Waals surface area contributed by atoms with Gasteiger partial charge in [-0.15, -0.1) is 0 Å². The molecule has 30 heavy (non-hydrogen) atoms. The Labute approximate surface area is 181 Å². The van der Waals surface area contributed by atoms with Gasteiger partial charge in [0.15, 0.2) is 0 Å². The van der Waals surface area contributed by atoms with Crippen LogP contribution in [-0.2, 0) is 6.54 Å². The van der Waals surface area contributed by atoms with E-state index in [1.54, 1.807) is 0 Å². The second-order valence-electron chi connectivity index (χ2n) is 7.47. The molecule has 0 aliphatic rings. The number of para-hydroxylation sites is 2. The van der Waals surface area contributed by atoms with E-state index in [1.807, 2.05) is 73.7 Å². The first-order valence-corrected chi connectivity index (χ1v) is 10.5. The smallest absolute Gasteiger partial charge is 0.251 e. The molecule has 0 bridgehead atoms. The van der Waals surface area contributed by atoms with Gasteiger partial charge in [-0.2, -0.15) is 0 Å². The molecule has 1 heterocycles. The van der Waals surface area contributed by atoms with Crippen LogP contribution in [0.3, 0.4) is 0 Å². The number of nitrogens with zero attached hydrogens (tertiary/aromatic N) is 2. The molecule has 4 rings (SSSR count). The number of carbonyl (C=O) groups excluding carboxylic acids is 1. The summed E-state index contributed by atoms with van der Waals surface area (Å²) in [7, 11) is 0. The molecule has 1 aromatic heterocycles. The largest absolute Gasteiger partial charge is 0.342 e. The Bertz CT molecular complexity index is 1160. The number of imidazole rings is 1. The van der Waals surface area contributed by atoms with Crippen molar-refractivity contribution in [2.75, 3.05) is 0 Å². The number of halogens is 1. The number of benzene rings is 3. The molecule has 1 N–H and O–H groups in total. The lowest BCUT2D eigenvalue weighted by atomic mass is 10.1. The summed E-state index contributed by atoms with van der Waals surface area (Å²) in [5, 5.41) is 3.89. The first kappa shape index (κ1) is 20.2. The highest BCUT2D eigenvalue weighted by molar-refractivity contribution is 6.30. The van der Waals surface area contributed by atoms with Gasteiger partial charge >= 0.3 is 0 Å². The van der Waals surface area contributed by atoms with Crippen molar-refractivity contribution in [3.05, 3.63) is 100 Å². The van der Waals surface area contributed by atoms with E-state index in [0.29, 0.717) is 17.1 Å². The van der Waals surface area contributed by atoms with Crippen LogP contribution >= 0.6 is 11.6 Å². The van der Waals surface area contributed by atoms with Gasteiger partial charge in [-0.25, -0.2) is 4.98 Å². The number of amides is 1. The molecular weight excluding hydrogens is 394 g/mol. The molecule has 3 aromatic carbocycles. The van der Waals surface area contributed by atoms with E-state index in [1.165, 1.54) is 0 Å². The van der Waals surface area contributed by atoms with Crippen molar-refractivity contribution in [3.63, 3.8) is 0 Å². The van der Waals surface area contributed by atoms with Gasteiger partial charge < -0.3 is 9.88 Å². The van der Waals surface area contributed by atoms with E-state index in [2.05, 4.69) is 22.9 Å². The highest BCUT2D eigenvalue weighted by Gasteiger charge is 2.21. The van der Waals surface area contributed by atoms with Crippen molar-refractivity contribution >= 4 is 28.5 Å². The number of aryl methyl sites for hydroxylation is 1. The van der Waals surface area contributed by atoms with Crippen molar-refractivity contribution in [3.8, 4) is 0 Å². The van der Waals surface area contributed by atoms with Gasteiger partial charge in [0.05, 0.1) is 17.1 Å². The lowest BCUT2D eigenvalue weighted by Crippen LogP contribution is -2.30. The monoisotopic (exact) mass is 417 g/mol. The summed E-state index contributed by atoms with van der Waals surface area (Å²) < 4.78 is 2.18. The average molecular weight is 418 g/mol. The molecule has 0 saturated carbocycles. The average Bonchev–Trinajstić information content (AvgIpc) is 3.12. The number of hydrogen-bond acceptors (Lipinski definition) is 2. The lowest BCUT2D eigenvalue weighted by Gasteiger charge is -2.19. The Morgan fingerprint density at radius 2 is 1.73 bits per heavy atom. The van der Waals surface area contributed by atoms with E-state index in [-0.39, 0.29) is 11.9 Å². The van der Waals surface area contributed by atoms with Gasteiger partial charge in [0.25, 0.3) is 5.91 Å². The first-order chi connectivity index (χ1) is 14.5. The van der Waals surface area contributed by atoms with E-state index < -0.39 is 0 Å². The highest BCUT2D eigenvalue weighted by atomic mass is 35.5. The second kappa shape index (κ2) is 8.72. The molecule has 5 heteroatoms. The van der Waals surface area contributed by atoms with Crippen LogP contribution < -0.4 is 5.32 Å². The SMILES string of the molecule is CCC(NC(=O)c1ccc(C)cc1)c1nc2ccccc2n1Cc1ccc(Cl)cc1. The van der Waals surface area contributed by atoms with Gasteiger partial charge in [-0.1, -0.05) is 60.5 Å². The molecule has 0 saturated heterocycles. The summed E-state index contributed by atoms with van der Waals surface area (Å²) in [6.07, 6.45) is 0.738. The zero-order valence-electron chi connectivity index (χ0n) is 17.1. The summed E-state index contributed by atoms with van der Waals surface area (Å²) in [6.45, 7) is 4.73. The van der Waals surface area contributed by atoms with Crippen molar-refractivity contribution in [2.24, 2.45) is 0 Å². The molecule has 4 aromatic rings. The standard InChI is InChI=1S/C25H24ClN3O/c1-3-21(28-25(30)19-12-8-17(2)9-13-19)24-27-22-6-4-5-7-23(22)29(24)16-18-10-14-20(26)15-11-18/h4-15,21H,3,16H2,1-2H3,(H,28,30). The van der Waals surface area contributed by atoms with Gasteiger partial charge in [0, 0.05) is 17.1 Å². The number of fused-ring (bicyclic) bond motifs is 1. The molecule has 0 fully saturated rings. The van der Waals surface area contributed by atoms with Gasteiger partial charge in [-0.3, -0.25) is 4.79 Å². The van der Waals surface area contributed by atoms with Gasteiger partial charge in [-0.05, 0) is 55.3 Å². The minimum atomic E-state index is -0.196. The number of aromatic nitrogens is 2. The predicted molar refractivity (Wildman–Crippen MR) is 122 cm³/mol. The van der Waals surface area contributed by atoms with Gasteiger partial charge in [0.2, 0.25) is 0 Å². The Morgan fingerprint density at radius 3 is 2.43 bits per heavy atom. The van der Waals surface area contributed by atoms with Crippen LogP contribution in [0.15, 0.2) is 72.8 Å². The third kappa shape index (κ3) is 4.24. The summed E-state index contributed by atoms with van der Waals surface area (Å²) in [5.74, 6) is 0.765. The lowest BCUT2D eigenvalue weighted by molar-refractivity contribution is 0.0933. The number of nitrogens with one attached hydrogen (secondary N) is 1. The highest BCUT2D eigenvalue weighted by Crippen LogP contribution is 2.25. The van der Waals surface area contributed by atoms with Crippen LogP contribution in [0, 0.1) is 6.92 Å². The Hall–Kier alpha value is -3.11. The van der Waals surface area contributed by atoms with E-state index in [0.717, 1.165) is 34.4 Å². The van der Waals surface area contributed by atoms with Crippen LogP contribution in [0.1, 0.15) is 46.7 Å².